The average molecular weight is 167 g/mol. The van der Waals surface area contributed by atoms with E-state index in [0.29, 0.717) is 0 Å². The summed E-state index contributed by atoms with van der Waals surface area (Å²) in [7, 11) is 0. The summed E-state index contributed by atoms with van der Waals surface area (Å²) in [5.41, 5.74) is 0. The van der Waals surface area contributed by atoms with Crippen LogP contribution in [0.25, 0.3) is 0 Å². The zero-order valence-corrected chi connectivity index (χ0v) is 6.95. The minimum atomic E-state index is 0.740. The molecule has 66 valence electrons. The largest absolute Gasteiger partial charge is 0.317 e. The predicted molar refractivity (Wildman–Crippen MR) is 43.5 cm³/mol. The molecule has 1 aromatic heterocycles. The summed E-state index contributed by atoms with van der Waals surface area (Å²) in [6, 6.07) is 0. The number of hydrogen-bond donors (Lipinski definition) is 2. The van der Waals surface area contributed by atoms with Gasteiger partial charge in [0.05, 0.1) is 0 Å². The van der Waals surface area contributed by atoms with Crippen LogP contribution in [0.15, 0.2) is 0 Å². The number of nitrogens with one attached hydrogen (secondary N) is 2. The van der Waals surface area contributed by atoms with E-state index in [2.05, 4.69) is 25.9 Å². The first kappa shape index (κ1) is 7.67. The van der Waals surface area contributed by atoms with Gasteiger partial charge in [-0.1, -0.05) is 5.21 Å². The van der Waals surface area contributed by atoms with Crippen LogP contribution in [0.1, 0.15) is 18.7 Å². The van der Waals surface area contributed by atoms with Crippen LogP contribution in [0.5, 0.6) is 0 Å². The summed E-state index contributed by atoms with van der Waals surface area (Å²) in [5, 5.41) is 17.2. The normalized spacial score (nSPS) is 19.7. The minimum absolute atomic E-state index is 0.740. The topological polar surface area (TPSA) is 66.5 Å². The van der Waals surface area contributed by atoms with Gasteiger partial charge >= 0.3 is 0 Å². The van der Waals surface area contributed by atoms with Crippen molar-refractivity contribution in [3.05, 3.63) is 5.82 Å². The molecular formula is C7H13N5. The summed E-state index contributed by atoms with van der Waals surface area (Å²) in [5.74, 6) is 1.59. The van der Waals surface area contributed by atoms with Crippen LogP contribution >= 0.6 is 0 Å². The summed E-state index contributed by atoms with van der Waals surface area (Å²) >= 11 is 0. The number of aromatic nitrogens is 4. The fourth-order valence-electron chi connectivity index (χ4n) is 1.61. The lowest BCUT2D eigenvalue weighted by Gasteiger charge is -2.20. The van der Waals surface area contributed by atoms with Crippen LogP contribution in [0, 0.1) is 5.92 Å². The van der Waals surface area contributed by atoms with Crippen molar-refractivity contribution >= 4 is 0 Å². The Morgan fingerprint density at radius 3 is 2.83 bits per heavy atom. The Hall–Kier alpha value is -0.970. The lowest BCUT2D eigenvalue weighted by molar-refractivity contribution is 0.367. The van der Waals surface area contributed by atoms with E-state index in [4.69, 9.17) is 0 Å². The van der Waals surface area contributed by atoms with E-state index in [-0.39, 0.29) is 0 Å². The van der Waals surface area contributed by atoms with Crippen LogP contribution in [0.3, 0.4) is 0 Å². The van der Waals surface area contributed by atoms with Gasteiger partial charge in [-0.05, 0) is 31.8 Å². The van der Waals surface area contributed by atoms with Gasteiger partial charge in [-0.15, -0.1) is 10.2 Å². The molecule has 0 bridgehead atoms. The molecular weight excluding hydrogens is 154 g/mol. The van der Waals surface area contributed by atoms with Gasteiger partial charge in [0, 0.05) is 6.42 Å². The van der Waals surface area contributed by atoms with E-state index in [9.17, 15) is 0 Å². The first-order valence-electron chi connectivity index (χ1n) is 4.38. The number of tetrazole rings is 1. The van der Waals surface area contributed by atoms with Crippen molar-refractivity contribution in [1.82, 2.24) is 25.9 Å². The maximum Gasteiger partial charge on any atom is 0.174 e. The molecule has 0 spiro atoms. The molecule has 0 aromatic carbocycles. The Balaban J connectivity index is 1.86. The number of aromatic amines is 1. The molecule has 0 aliphatic carbocycles. The molecule has 1 saturated heterocycles. The minimum Gasteiger partial charge on any atom is -0.317 e. The predicted octanol–water partition coefficient (Wildman–Crippen LogP) is -0.258. The van der Waals surface area contributed by atoms with E-state index >= 15 is 0 Å². The second-order valence-electron chi connectivity index (χ2n) is 3.23. The van der Waals surface area contributed by atoms with Crippen LogP contribution in [-0.4, -0.2) is 33.7 Å². The Morgan fingerprint density at radius 2 is 2.17 bits per heavy atom. The summed E-state index contributed by atoms with van der Waals surface area (Å²) in [6.07, 6.45) is 3.43. The molecule has 5 nitrogen and oxygen atoms in total. The van der Waals surface area contributed by atoms with Gasteiger partial charge in [0.1, 0.15) is 0 Å². The van der Waals surface area contributed by atoms with Gasteiger partial charge in [0.2, 0.25) is 0 Å². The molecule has 1 aliphatic rings. The summed E-state index contributed by atoms with van der Waals surface area (Å²) in [4.78, 5) is 0. The van der Waals surface area contributed by atoms with Gasteiger partial charge in [-0.25, -0.2) is 0 Å². The highest BCUT2D eigenvalue weighted by Crippen LogP contribution is 2.14. The SMILES string of the molecule is C1CC(Cc2nn[nH]n2)CCN1. The lowest BCUT2D eigenvalue weighted by atomic mass is 9.94. The highest BCUT2D eigenvalue weighted by molar-refractivity contribution is 4.82. The Labute approximate surface area is 70.9 Å². The summed E-state index contributed by atoms with van der Waals surface area (Å²) in [6.45, 7) is 2.25. The van der Waals surface area contributed by atoms with Gasteiger partial charge < -0.3 is 5.32 Å². The average Bonchev–Trinajstić information content (AvgIpc) is 2.59. The van der Waals surface area contributed by atoms with Gasteiger partial charge in [0.15, 0.2) is 5.82 Å². The molecule has 2 N–H and O–H groups in total. The summed E-state index contributed by atoms with van der Waals surface area (Å²) < 4.78 is 0. The quantitative estimate of drug-likeness (QED) is 0.637. The number of piperidine rings is 1. The van der Waals surface area contributed by atoms with E-state index in [1.54, 1.807) is 0 Å². The Morgan fingerprint density at radius 1 is 1.33 bits per heavy atom. The second kappa shape index (κ2) is 3.62. The maximum atomic E-state index is 3.94. The highest BCUT2D eigenvalue weighted by atomic mass is 15.5. The molecule has 0 saturated carbocycles. The second-order valence-corrected chi connectivity index (χ2v) is 3.23. The van der Waals surface area contributed by atoms with E-state index < -0.39 is 0 Å². The Kier molecular flexibility index (Phi) is 2.31. The van der Waals surface area contributed by atoms with E-state index in [1.807, 2.05) is 0 Å². The smallest absolute Gasteiger partial charge is 0.174 e. The Bertz CT molecular complexity index is 214. The van der Waals surface area contributed by atoms with Crippen LogP contribution in [0.2, 0.25) is 0 Å². The monoisotopic (exact) mass is 167 g/mol. The zero-order chi connectivity index (χ0) is 8.23. The standard InChI is InChI=1S/C7H13N5/c1-3-8-4-2-6(1)5-7-9-11-12-10-7/h6,8H,1-5H2,(H,9,10,11,12). The molecule has 0 radical (unpaired) electrons. The third kappa shape index (κ3) is 1.79. The molecule has 1 aromatic rings. The van der Waals surface area contributed by atoms with Crippen molar-refractivity contribution in [3.63, 3.8) is 0 Å². The molecule has 2 heterocycles. The molecule has 5 heteroatoms. The molecule has 0 atom stereocenters. The molecule has 2 rings (SSSR count). The van der Waals surface area contributed by atoms with Crippen molar-refractivity contribution in [1.29, 1.82) is 0 Å². The van der Waals surface area contributed by atoms with Gasteiger partial charge in [-0.2, -0.15) is 5.21 Å². The third-order valence-electron chi connectivity index (χ3n) is 2.32. The number of H-pyrrole nitrogens is 1. The molecule has 1 fully saturated rings. The van der Waals surface area contributed by atoms with Crippen molar-refractivity contribution in [2.75, 3.05) is 13.1 Å². The first-order chi connectivity index (χ1) is 5.95. The van der Waals surface area contributed by atoms with Crippen molar-refractivity contribution in [2.45, 2.75) is 19.3 Å². The van der Waals surface area contributed by atoms with Crippen molar-refractivity contribution < 1.29 is 0 Å². The molecule has 1 aliphatic heterocycles. The van der Waals surface area contributed by atoms with Crippen LogP contribution in [-0.2, 0) is 6.42 Å². The lowest BCUT2D eigenvalue weighted by Crippen LogP contribution is -2.28. The van der Waals surface area contributed by atoms with Crippen LogP contribution in [0.4, 0.5) is 0 Å². The molecule has 12 heavy (non-hydrogen) atoms. The molecule has 0 unspecified atom stereocenters. The van der Waals surface area contributed by atoms with Crippen molar-refractivity contribution in [2.24, 2.45) is 5.92 Å². The van der Waals surface area contributed by atoms with Crippen LogP contribution < -0.4 is 5.32 Å². The van der Waals surface area contributed by atoms with Crippen molar-refractivity contribution in [3.8, 4) is 0 Å². The molecule has 0 amide bonds. The fraction of sp³-hybridized carbons (Fsp3) is 0.857. The van der Waals surface area contributed by atoms with E-state index in [1.165, 1.54) is 12.8 Å². The third-order valence-corrected chi connectivity index (χ3v) is 2.32. The van der Waals surface area contributed by atoms with E-state index in [0.717, 1.165) is 31.3 Å². The zero-order valence-electron chi connectivity index (χ0n) is 6.95. The number of rotatable bonds is 2. The highest BCUT2D eigenvalue weighted by Gasteiger charge is 2.15. The maximum absolute atomic E-state index is 3.94. The fourth-order valence-corrected chi connectivity index (χ4v) is 1.61. The number of hydrogen-bond acceptors (Lipinski definition) is 4. The van der Waals surface area contributed by atoms with Gasteiger partial charge in [0.25, 0.3) is 0 Å². The first-order valence-corrected chi connectivity index (χ1v) is 4.38. The number of nitrogens with zero attached hydrogens (tertiary/aromatic N) is 3. The van der Waals surface area contributed by atoms with Gasteiger partial charge in [-0.3, -0.25) is 0 Å².